The lowest BCUT2D eigenvalue weighted by atomic mass is 9.98. The second kappa shape index (κ2) is 13.5. The SMILES string of the molecule is COC(=O)CNC(=O)C(c1cccc(O)c1)N(C(=O)C(Cc1ccc(O)cc1)NC(=O)OC(C)(C)C)C(C)C. The van der Waals surface area contributed by atoms with Crippen molar-refractivity contribution in [1.82, 2.24) is 15.5 Å². The molecule has 0 aromatic heterocycles. The van der Waals surface area contributed by atoms with E-state index in [2.05, 4.69) is 15.4 Å². The zero-order valence-electron chi connectivity index (χ0n) is 23.1. The van der Waals surface area contributed by atoms with Gasteiger partial charge in [-0.25, -0.2) is 4.79 Å². The van der Waals surface area contributed by atoms with Crippen LogP contribution in [0.2, 0.25) is 0 Å². The summed E-state index contributed by atoms with van der Waals surface area (Å²) in [6.07, 6.45) is -0.801. The normalized spacial score (nSPS) is 12.7. The van der Waals surface area contributed by atoms with Crippen LogP contribution >= 0.6 is 0 Å². The summed E-state index contributed by atoms with van der Waals surface area (Å²) in [7, 11) is 1.18. The first-order valence-corrected chi connectivity index (χ1v) is 12.4. The number of phenolic OH excluding ortho intramolecular Hbond substituents is 2. The molecule has 0 saturated heterocycles. The molecule has 0 fully saturated rings. The van der Waals surface area contributed by atoms with Gasteiger partial charge in [0.05, 0.1) is 7.11 Å². The van der Waals surface area contributed by atoms with Crippen molar-refractivity contribution in [2.45, 2.75) is 64.8 Å². The molecule has 0 spiro atoms. The Balaban J connectivity index is 2.53. The van der Waals surface area contributed by atoms with Crippen LogP contribution < -0.4 is 10.6 Å². The average Bonchev–Trinajstić information content (AvgIpc) is 2.84. The lowest BCUT2D eigenvalue weighted by Gasteiger charge is -2.37. The van der Waals surface area contributed by atoms with Crippen LogP contribution in [0.25, 0.3) is 0 Å². The van der Waals surface area contributed by atoms with Crippen molar-refractivity contribution in [2.75, 3.05) is 13.7 Å². The van der Waals surface area contributed by atoms with Gasteiger partial charge in [-0.3, -0.25) is 14.4 Å². The van der Waals surface area contributed by atoms with E-state index < -0.39 is 54.1 Å². The second-order valence-corrected chi connectivity index (χ2v) is 10.2. The largest absolute Gasteiger partial charge is 0.508 e. The van der Waals surface area contributed by atoms with Crippen LogP contribution in [0.3, 0.4) is 0 Å². The van der Waals surface area contributed by atoms with Crippen molar-refractivity contribution in [3.8, 4) is 11.5 Å². The Labute approximate surface area is 228 Å². The number of carbonyl (C=O) groups is 4. The first-order valence-electron chi connectivity index (χ1n) is 12.4. The molecule has 3 amide bonds. The van der Waals surface area contributed by atoms with Crippen LogP contribution in [-0.2, 0) is 30.3 Å². The van der Waals surface area contributed by atoms with Gasteiger partial charge in [-0.2, -0.15) is 0 Å². The van der Waals surface area contributed by atoms with E-state index in [1.54, 1.807) is 52.8 Å². The Morgan fingerprint density at radius 1 is 0.974 bits per heavy atom. The number of carbonyl (C=O) groups excluding carboxylic acids is 4. The van der Waals surface area contributed by atoms with Crippen molar-refractivity contribution >= 4 is 23.9 Å². The van der Waals surface area contributed by atoms with E-state index in [1.807, 2.05) is 0 Å². The number of esters is 1. The standard InChI is InChI=1S/C28H37N3O8/c1-17(2)31(24(19-8-7-9-21(33)15-19)25(35)29-16-23(34)38-6)26(36)22(30-27(37)39-28(3,4)5)14-18-10-12-20(32)13-11-18/h7-13,15,17,22,24,32-33H,14,16H2,1-6H3,(H,29,35)(H,30,37). The summed E-state index contributed by atoms with van der Waals surface area (Å²) in [5, 5.41) is 24.9. The summed E-state index contributed by atoms with van der Waals surface area (Å²) >= 11 is 0. The Morgan fingerprint density at radius 2 is 1.62 bits per heavy atom. The first kappa shape index (κ1) is 30.9. The van der Waals surface area contributed by atoms with Crippen LogP contribution in [0.1, 0.15) is 51.8 Å². The van der Waals surface area contributed by atoms with Crippen molar-refractivity contribution in [3.63, 3.8) is 0 Å². The lowest BCUT2D eigenvalue weighted by Crippen LogP contribution is -2.56. The highest BCUT2D eigenvalue weighted by Crippen LogP contribution is 2.28. The summed E-state index contributed by atoms with van der Waals surface area (Å²) in [6, 6.07) is 9.02. The third-order valence-corrected chi connectivity index (χ3v) is 5.52. The number of hydrogen-bond donors (Lipinski definition) is 4. The molecular formula is C28H37N3O8. The molecule has 0 aliphatic carbocycles. The summed E-state index contributed by atoms with van der Waals surface area (Å²) in [5.41, 5.74) is 0.0984. The van der Waals surface area contributed by atoms with Gasteiger partial charge in [-0.15, -0.1) is 0 Å². The number of rotatable bonds is 10. The molecule has 0 bridgehead atoms. The number of benzene rings is 2. The van der Waals surface area contributed by atoms with E-state index in [9.17, 15) is 29.4 Å². The topological polar surface area (TPSA) is 154 Å². The Kier molecular flexibility index (Phi) is 10.7. The smallest absolute Gasteiger partial charge is 0.408 e. The lowest BCUT2D eigenvalue weighted by molar-refractivity contribution is -0.146. The van der Waals surface area contributed by atoms with Crippen LogP contribution in [0.5, 0.6) is 11.5 Å². The second-order valence-electron chi connectivity index (χ2n) is 10.2. The number of nitrogens with one attached hydrogen (secondary N) is 2. The molecule has 39 heavy (non-hydrogen) atoms. The molecule has 11 nitrogen and oxygen atoms in total. The highest BCUT2D eigenvalue weighted by molar-refractivity contribution is 5.93. The average molecular weight is 544 g/mol. The van der Waals surface area contributed by atoms with Gasteiger partial charge in [0, 0.05) is 12.5 Å². The minimum Gasteiger partial charge on any atom is -0.508 e. The van der Waals surface area contributed by atoms with Gasteiger partial charge < -0.3 is 35.2 Å². The number of aromatic hydroxyl groups is 2. The molecule has 0 saturated carbocycles. The Morgan fingerprint density at radius 3 is 2.15 bits per heavy atom. The predicted octanol–water partition coefficient (Wildman–Crippen LogP) is 2.80. The molecule has 212 valence electrons. The fraction of sp³-hybridized carbons (Fsp3) is 0.429. The number of hydrogen-bond acceptors (Lipinski definition) is 8. The van der Waals surface area contributed by atoms with Gasteiger partial charge in [0.25, 0.3) is 0 Å². The van der Waals surface area contributed by atoms with E-state index in [-0.39, 0.29) is 17.9 Å². The maximum atomic E-state index is 14.1. The van der Waals surface area contributed by atoms with E-state index in [0.29, 0.717) is 11.1 Å². The minimum atomic E-state index is -1.27. The highest BCUT2D eigenvalue weighted by atomic mass is 16.6. The highest BCUT2D eigenvalue weighted by Gasteiger charge is 2.38. The van der Waals surface area contributed by atoms with Crippen LogP contribution in [0, 0.1) is 0 Å². The molecule has 2 unspecified atom stereocenters. The molecule has 2 rings (SSSR count). The van der Waals surface area contributed by atoms with E-state index >= 15 is 0 Å². The number of methoxy groups -OCH3 is 1. The number of nitrogens with zero attached hydrogens (tertiary/aromatic N) is 1. The van der Waals surface area contributed by atoms with E-state index in [1.165, 1.54) is 42.3 Å². The van der Waals surface area contributed by atoms with Gasteiger partial charge >= 0.3 is 12.1 Å². The molecule has 0 radical (unpaired) electrons. The number of phenols is 2. The molecule has 2 atom stereocenters. The fourth-order valence-electron chi connectivity index (χ4n) is 3.84. The zero-order valence-corrected chi connectivity index (χ0v) is 23.1. The maximum absolute atomic E-state index is 14.1. The maximum Gasteiger partial charge on any atom is 0.408 e. The molecule has 0 heterocycles. The Bertz CT molecular complexity index is 1160. The van der Waals surface area contributed by atoms with Crippen molar-refractivity contribution < 1.29 is 38.9 Å². The molecule has 0 aliphatic rings. The van der Waals surface area contributed by atoms with Gasteiger partial charge in [-0.05, 0) is 70.0 Å². The van der Waals surface area contributed by atoms with E-state index in [0.717, 1.165) is 0 Å². The molecule has 0 aliphatic heterocycles. The molecule has 11 heteroatoms. The summed E-state index contributed by atoms with van der Waals surface area (Å²) in [4.78, 5) is 53.3. The zero-order chi connectivity index (χ0) is 29.3. The minimum absolute atomic E-state index is 0.0259. The van der Waals surface area contributed by atoms with Gasteiger partial charge in [0.15, 0.2) is 0 Å². The van der Waals surface area contributed by atoms with Crippen LogP contribution in [0.4, 0.5) is 4.79 Å². The quantitative estimate of drug-likeness (QED) is 0.334. The fourth-order valence-corrected chi connectivity index (χ4v) is 3.84. The van der Waals surface area contributed by atoms with Crippen molar-refractivity contribution in [1.29, 1.82) is 0 Å². The summed E-state index contributed by atoms with van der Waals surface area (Å²) < 4.78 is 9.98. The van der Waals surface area contributed by atoms with Crippen LogP contribution in [0.15, 0.2) is 48.5 Å². The Hall–Kier alpha value is -4.28. The van der Waals surface area contributed by atoms with Gasteiger partial charge in [-0.1, -0.05) is 24.3 Å². The first-order chi connectivity index (χ1) is 18.2. The molecule has 2 aromatic rings. The molecule has 2 aromatic carbocycles. The monoisotopic (exact) mass is 543 g/mol. The van der Waals surface area contributed by atoms with Crippen molar-refractivity contribution in [3.05, 3.63) is 59.7 Å². The molecular weight excluding hydrogens is 506 g/mol. The third-order valence-electron chi connectivity index (χ3n) is 5.52. The predicted molar refractivity (Wildman–Crippen MR) is 143 cm³/mol. The third kappa shape index (κ3) is 9.51. The summed E-state index contributed by atoms with van der Waals surface area (Å²) in [5.74, 6) is -2.06. The van der Waals surface area contributed by atoms with Gasteiger partial charge in [0.1, 0.15) is 35.7 Å². The van der Waals surface area contributed by atoms with E-state index in [4.69, 9.17) is 4.74 Å². The number of ether oxygens (including phenoxy) is 2. The number of alkyl carbamates (subject to hydrolysis) is 1. The van der Waals surface area contributed by atoms with Crippen LogP contribution in [-0.4, -0.2) is 70.3 Å². The van der Waals surface area contributed by atoms with Gasteiger partial charge in [0.2, 0.25) is 11.8 Å². The van der Waals surface area contributed by atoms with Crippen molar-refractivity contribution in [2.24, 2.45) is 0 Å². The summed E-state index contributed by atoms with van der Waals surface area (Å²) in [6.45, 7) is 8.03. The number of amides is 3. The molecule has 4 N–H and O–H groups in total.